The minimum absolute atomic E-state index is 0.0114. The summed E-state index contributed by atoms with van der Waals surface area (Å²) in [5.74, 6) is -3.24. The van der Waals surface area contributed by atoms with Crippen LogP contribution in [0.15, 0.2) is 18.2 Å². The Balaban J connectivity index is 1.92. The Kier molecular flexibility index (Phi) is 2.93. The molecule has 5 heteroatoms. The first-order chi connectivity index (χ1) is 8.90. The summed E-state index contributed by atoms with van der Waals surface area (Å²) in [5, 5.41) is 0. The van der Waals surface area contributed by atoms with E-state index in [1.54, 1.807) is 11.0 Å². The third kappa shape index (κ3) is 2.18. The molecule has 1 aliphatic heterocycles. The number of halogens is 3. The van der Waals surface area contributed by atoms with Gasteiger partial charge in [-0.1, -0.05) is 22.0 Å². The van der Waals surface area contributed by atoms with Crippen LogP contribution in [0.4, 0.5) is 14.5 Å². The van der Waals surface area contributed by atoms with Crippen LogP contribution in [0.2, 0.25) is 0 Å². The summed E-state index contributed by atoms with van der Waals surface area (Å²) in [6, 6.07) is 5.42. The Labute approximate surface area is 118 Å². The van der Waals surface area contributed by atoms with Crippen molar-refractivity contribution in [2.75, 3.05) is 11.4 Å². The predicted octanol–water partition coefficient (Wildman–Crippen LogP) is 3.62. The normalized spacial score (nSPS) is 28.8. The maximum atomic E-state index is 13.2. The van der Waals surface area contributed by atoms with Gasteiger partial charge in [-0.05, 0) is 36.6 Å². The van der Waals surface area contributed by atoms with Gasteiger partial charge in [0.2, 0.25) is 5.91 Å². The lowest BCUT2D eigenvalue weighted by molar-refractivity contribution is -0.116. The van der Waals surface area contributed by atoms with E-state index in [2.05, 4.69) is 15.9 Å². The molecule has 2 unspecified atom stereocenters. The molecule has 0 radical (unpaired) electrons. The van der Waals surface area contributed by atoms with Crippen molar-refractivity contribution in [1.82, 2.24) is 0 Å². The highest BCUT2D eigenvalue weighted by molar-refractivity contribution is 9.10. The van der Waals surface area contributed by atoms with E-state index in [1.165, 1.54) is 0 Å². The first-order valence-corrected chi connectivity index (χ1v) is 7.25. The van der Waals surface area contributed by atoms with Crippen molar-refractivity contribution >= 4 is 27.5 Å². The van der Waals surface area contributed by atoms with Gasteiger partial charge in [-0.25, -0.2) is 8.78 Å². The van der Waals surface area contributed by atoms with E-state index < -0.39 is 11.8 Å². The minimum Gasteiger partial charge on any atom is -0.311 e. The fourth-order valence-corrected chi connectivity index (χ4v) is 3.08. The average Bonchev–Trinajstić information content (AvgIpc) is 2.86. The van der Waals surface area contributed by atoms with Crippen LogP contribution in [0.25, 0.3) is 0 Å². The molecule has 0 bridgehead atoms. The van der Waals surface area contributed by atoms with Crippen molar-refractivity contribution in [3.63, 3.8) is 0 Å². The molecule has 1 heterocycles. The zero-order valence-electron chi connectivity index (χ0n) is 10.5. The predicted molar refractivity (Wildman–Crippen MR) is 73.2 cm³/mol. The van der Waals surface area contributed by atoms with Crippen LogP contribution in [0, 0.1) is 6.92 Å². The lowest BCUT2D eigenvalue weighted by atomic mass is 10.0. The first-order valence-electron chi connectivity index (χ1n) is 6.34. The second-order valence-corrected chi connectivity index (χ2v) is 6.41. The molecule has 2 nitrogen and oxygen atoms in total. The standard InChI is InChI=1S/C14H14BrF2NO/c1-8-2-3-9(18-5-4-12(15)13(18)19)6-10(8)11-7-14(11,16)17/h2-3,6,11-12H,4-5,7H2,1H3. The number of aryl methyl sites for hydroxylation is 1. The Morgan fingerprint density at radius 2 is 2.11 bits per heavy atom. The molecule has 1 saturated carbocycles. The first kappa shape index (κ1) is 13.0. The highest BCUT2D eigenvalue weighted by atomic mass is 79.9. The highest BCUT2D eigenvalue weighted by Crippen LogP contribution is 2.56. The van der Waals surface area contributed by atoms with Crippen LogP contribution in [0.1, 0.15) is 29.9 Å². The van der Waals surface area contributed by atoms with Gasteiger partial charge in [0.1, 0.15) is 0 Å². The smallest absolute Gasteiger partial charge is 0.255 e. The Bertz CT molecular complexity index is 546. The van der Waals surface area contributed by atoms with E-state index in [0.717, 1.165) is 17.7 Å². The van der Waals surface area contributed by atoms with E-state index >= 15 is 0 Å². The number of rotatable bonds is 2. The monoisotopic (exact) mass is 329 g/mol. The van der Waals surface area contributed by atoms with E-state index in [1.807, 2.05) is 19.1 Å². The summed E-state index contributed by atoms with van der Waals surface area (Å²) in [6.45, 7) is 2.48. The van der Waals surface area contributed by atoms with E-state index in [4.69, 9.17) is 0 Å². The van der Waals surface area contributed by atoms with Crippen molar-refractivity contribution in [3.05, 3.63) is 29.3 Å². The van der Waals surface area contributed by atoms with Gasteiger partial charge in [-0.15, -0.1) is 0 Å². The number of carbonyl (C=O) groups is 1. The second-order valence-electron chi connectivity index (χ2n) is 5.30. The maximum absolute atomic E-state index is 13.2. The molecule has 0 aromatic heterocycles. The van der Waals surface area contributed by atoms with Crippen LogP contribution in [-0.2, 0) is 4.79 Å². The number of carbonyl (C=O) groups excluding carboxylic acids is 1. The Morgan fingerprint density at radius 3 is 2.63 bits per heavy atom. The van der Waals surface area contributed by atoms with Crippen LogP contribution in [-0.4, -0.2) is 23.2 Å². The van der Waals surface area contributed by atoms with Crippen molar-refractivity contribution in [3.8, 4) is 0 Å². The lowest BCUT2D eigenvalue weighted by Crippen LogP contribution is -2.27. The summed E-state index contributed by atoms with van der Waals surface area (Å²) >= 11 is 3.32. The quantitative estimate of drug-likeness (QED) is 0.759. The molecule has 2 atom stereocenters. The molecular formula is C14H14BrF2NO. The van der Waals surface area contributed by atoms with Crippen molar-refractivity contribution in [1.29, 1.82) is 0 Å². The van der Waals surface area contributed by atoms with Gasteiger partial charge in [0.15, 0.2) is 0 Å². The van der Waals surface area contributed by atoms with Gasteiger partial charge in [-0.3, -0.25) is 4.79 Å². The summed E-state index contributed by atoms with van der Waals surface area (Å²) < 4.78 is 26.4. The third-order valence-electron chi connectivity index (χ3n) is 3.92. The summed E-state index contributed by atoms with van der Waals surface area (Å²) in [7, 11) is 0. The summed E-state index contributed by atoms with van der Waals surface area (Å²) in [5.41, 5.74) is 2.27. The molecule has 102 valence electrons. The van der Waals surface area contributed by atoms with Gasteiger partial charge in [0, 0.05) is 18.7 Å². The largest absolute Gasteiger partial charge is 0.311 e. The second kappa shape index (κ2) is 4.27. The molecule has 2 aliphatic rings. The van der Waals surface area contributed by atoms with E-state index in [9.17, 15) is 13.6 Å². The molecule has 1 saturated heterocycles. The number of alkyl halides is 3. The zero-order chi connectivity index (χ0) is 13.8. The fraction of sp³-hybridized carbons (Fsp3) is 0.500. The molecule has 1 amide bonds. The Hall–Kier alpha value is -0.970. The van der Waals surface area contributed by atoms with Crippen LogP contribution in [0.5, 0.6) is 0 Å². The SMILES string of the molecule is Cc1ccc(N2CCC(Br)C2=O)cc1C1CC1(F)F. The molecule has 0 spiro atoms. The molecule has 1 aromatic carbocycles. The number of nitrogens with zero attached hydrogens (tertiary/aromatic N) is 1. The lowest BCUT2D eigenvalue weighted by Gasteiger charge is -2.18. The van der Waals surface area contributed by atoms with E-state index in [0.29, 0.717) is 12.1 Å². The number of benzene rings is 1. The number of anilines is 1. The van der Waals surface area contributed by atoms with Crippen molar-refractivity contribution in [2.45, 2.75) is 36.4 Å². The fourth-order valence-electron chi connectivity index (χ4n) is 2.62. The Morgan fingerprint density at radius 1 is 1.42 bits per heavy atom. The van der Waals surface area contributed by atoms with Crippen LogP contribution >= 0.6 is 15.9 Å². The molecule has 0 N–H and O–H groups in total. The molecule has 1 aliphatic carbocycles. The van der Waals surface area contributed by atoms with E-state index in [-0.39, 0.29) is 17.2 Å². The van der Waals surface area contributed by atoms with Gasteiger partial charge in [0.25, 0.3) is 5.92 Å². The van der Waals surface area contributed by atoms with Crippen molar-refractivity contribution < 1.29 is 13.6 Å². The average molecular weight is 330 g/mol. The number of hydrogen-bond donors (Lipinski definition) is 0. The summed E-state index contributed by atoms with van der Waals surface area (Å²) in [6.07, 6.45) is 0.675. The summed E-state index contributed by atoms with van der Waals surface area (Å²) in [4.78, 5) is 13.5. The highest BCUT2D eigenvalue weighted by Gasteiger charge is 2.58. The number of hydrogen-bond acceptors (Lipinski definition) is 1. The minimum atomic E-state index is -2.57. The topological polar surface area (TPSA) is 20.3 Å². The van der Waals surface area contributed by atoms with Gasteiger partial charge in [0.05, 0.1) is 10.7 Å². The van der Waals surface area contributed by atoms with Crippen LogP contribution < -0.4 is 4.90 Å². The van der Waals surface area contributed by atoms with Crippen LogP contribution in [0.3, 0.4) is 0 Å². The van der Waals surface area contributed by atoms with Gasteiger partial charge in [-0.2, -0.15) is 0 Å². The zero-order valence-corrected chi connectivity index (χ0v) is 12.1. The van der Waals surface area contributed by atoms with Gasteiger partial charge >= 0.3 is 0 Å². The van der Waals surface area contributed by atoms with Crippen molar-refractivity contribution in [2.24, 2.45) is 0 Å². The number of amides is 1. The molecular weight excluding hydrogens is 316 g/mol. The van der Waals surface area contributed by atoms with Gasteiger partial charge < -0.3 is 4.90 Å². The molecule has 19 heavy (non-hydrogen) atoms. The molecule has 2 fully saturated rings. The third-order valence-corrected chi connectivity index (χ3v) is 4.77. The molecule has 1 aromatic rings. The molecule has 3 rings (SSSR count). The maximum Gasteiger partial charge on any atom is 0.255 e.